The second-order valence-corrected chi connectivity index (χ2v) is 14.4. The topological polar surface area (TPSA) is 187 Å². The molecule has 4 heterocycles. The molecule has 0 aliphatic rings. The Morgan fingerprint density at radius 2 is 1.17 bits per heavy atom. The van der Waals surface area contributed by atoms with E-state index in [1.807, 2.05) is 76.2 Å². The van der Waals surface area contributed by atoms with Crippen LogP contribution in [0.5, 0.6) is 0 Å². The number of halogens is 2. The summed E-state index contributed by atoms with van der Waals surface area (Å²) in [4.78, 5) is 31.9. The van der Waals surface area contributed by atoms with Crippen molar-refractivity contribution in [1.82, 2.24) is 39.6 Å². The molecule has 54 heavy (non-hydrogen) atoms. The van der Waals surface area contributed by atoms with Gasteiger partial charge in [-0.2, -0.15) is 9.26 Å². The molecule has 0 bridgehead atoms. The highest BCUT2D eigenvalue weighted by atomic mass is 35.5. The van der Waals surface area contributed by atoms with Crippen molar-refractivity contribution in [2.75, 3.05) is 37.7 Å². The average molecular weight is 784 g/mol. The fraction of sp³-hybridized carbons (Fsp3) is 0.389. The van der Waals surface area contributed by atoms with Crippen LogP contribution in [-0.2, 0) is 28.5 Å². The summed E-state index contributed by atoms with van der Waals surface area (Å²) >= 11 is 12.4. The number of rotatable bonds is 14. The summed E-state index contributed by atoms with van der Waals surface area (Å²) in [5, 5.41) is 22.2. The molecule has 0 radical (unpaired) electrons. The number of anilines is 2. The molecule has 0 atom stereocenters. The maximum atomic E-state index is 11.6. The van der Waals surface area contributed by atoms with E-state index in [4.69, 9.17) is 42.1 Å². The summed E-state index contributed by atoms with van der Waals surface area (Å²) in [6.45, 7) is 13.3. The fourth-order valence-electron chi connectivity index (χ4n) is 4.70. The van der Waals surface area contributed by atoms with Crippen molar-refractivity contribution in [1.29, 1.82) is 0 Å². The first-order valence-corrected chi connectivity index (χ1v) is 17.8. The van der Waals surface area contributed by atoms with Crippen LogP contribution in [0.1, 0.15) is 52.4 Å². The van der Waals surface area contributed by atoms with Gasteiger partial charge in [-0.3, -0.25) is 19.8 Å². The number of esters is 2. The van der Waals surface area contributed by atoms with Crippen LogP contribution in [0, 0.1) is 25.2 Å². The lowest BCUT2D eigenvalue weighted by Crippen LogP contribution is -2.24. The number of nitrogens with zero attached hydrogens (tertiary/aromatic N) is 6. The van der Waals surface area contributed by atoms with E-state index in [1.54, 1.807) is 30.0 Å². The number of aromatic nitrogens is 8. The molecule has 4 aromatic heterocycles. The van der Waals surface area contributed by atoms with E-state index in [9.17, 15) is 9.59 Å². The first kappa shape index (κ1) is 40.0. The molecule has 6 aromatic rings. The standard InChI is InChI=1S/2C18H22ClN5O3/c1-11-14(19)16-21-15(23-24(16)22-11)12-5-7-13(8-6-12)20-9-26-10-27-17(25)18(2,3)4;1-11(2)8-15(25)27-10-26-9-20-14-6-4-13(5-7-14)17-21-18-16(19)12(3)22-24(18)23-17/h5-8,20,22H,9-10H2,1-4H3;4-7,11,20,22H,8-10H2,1-3H3. The van der Waals surface area contributed by atoms with E-state index >= 15 is 0 Å². The molecule has 0 amide bonds. The third-order valence-electron chi connectivity index (χ3n) is 7.62. The second-order valence-electron chi connectivity index (χ2n) is 13.7. The van der Waals surface area contributed by atoms with Gasteiger partial charge in [0.25, 0.3) is 0 Å². The third kappa shape index (κ3) is 10.5. The van der Waals surface area contributed by atoms with Crippen LogP contribution < -0.4 is 10.6 Å². The molecule has 4 N–H and O–H groups in total. The lowest BCUT2D eigenvalue weighted by molar-refractivity contribution is -0.165. The SMILES string of the molecule is Cc1[nH]n2nc(-c3ccc(NCOCOC(=O)C(C)(C)C)cc3)nc2c1Cl.Cc1[nH]n2nc(-c3ccc(NCOCOC(=O)CC(C)C)cc3)nc2c1Cl. The van der Waals surface area contributed by atoms with Gasteiger partial charge in [-0.05, 0) is 89.1 Å². The highest BCUT2D eigenvalue weighted by Crippen LogP contribution is 2.25. The predicted octanol–water partition coefficient (Wildman–Crippen LogP) is 7.24. The van der Waals surface area contributed by atoms with Crippen molar-refractivity contribution in [3.8, 4) is 22.8 Å². The molecule has 0 unspecified atom stereocenters. The van der Waals surface area contributed by atoms with Crippen LogP contribution >= 0.6 is 23.2 Å². The summed E-state index contributed by atoms with van der Waals surface area (Å²) in [6, 6.07) is 15.2. The lowest BCUT2D eigenvalue weighted by atomic mass is 9.98. The summed E-state index contributed by atoms with van der Waals surface area (Å²) in [7, 11) is 0. The Morgan fingerprint density at radius 1 is 0.741 bits per heavy atom. The third-order valence-corrected chi connectivity index (χ3v) is 8.52. The van der Waals surface area contributed by atoms with E-state index in [2.05, 4.69) is 41.0 Å². The number of carbonyl (C=O) groups is 2. The van der Waals surface area contributed by atoms with Crippen LogP contribution in [0.4, 0.5) is 11.4 Å². The highest BCUT2D eigenvalue weighted by molar-refractivity contribution is 6.34. The maximum Gasteiger partial charge on any atom is 0.313 e. The van der Waals surface area contributed by atoms with Crippen LogP contribution in [0.2, 0.25) is 10.0 Å². The average Bonchev–Trinajstić information content (AvgIpc) is 3.87. The number of hydrogen-bond donors (Lipinski definition) is 4. The zero-order valence-corrected chi connectivity index (χ0v) is 32.6. The first-order chi connectivity index (χ1) is 25.7. The first-order valence-electron chi connectivity index (χ1n) is 17.1. The van der Waals surface area contributed by atoms with Crippen molar-refractivity contribution in [2.24, 2.45) is 11.3 Å². The van der Waals surface area contributed by atoms with E-state index in [0.29, 0.717) is 39.4 Å². The Bertz CT molecular complexity index is 2170. The smallest absolute Gasteiger partial charge is 0.313 e. The molecule has 16 nitrogen and oxygen atoms in total. The zero-order chi connectivity index (χ0) is 39.0. The van der Waals surface area contributed by atoms with Gasteiger partial charge in [0.1, 0.15) is 23.5 Å². The molecule has 18 heteroatoms. The largest absolute Gasteiger partial charge is 0.438 e. The molecule has 0 aliphatic carbocycles. The summed E-state index contributed by atoms with van der Waals surface area (Å²) in [5.41, 5.74) is 5.78. The summed E-state index contributed by atoms with van der Waals surface area (Å²) in [6.07, 6.45) is 0.389. The number of hydrogen-bond acceptors (Lipinski definition) is 12. The van der Waals surface area contributed by atoms with E-state index in [0.717, 1.165) is 33.9 Å². The van der Waals surface area contributed by atoms with Crippen molar-refractivity contribution in [3.63, 3.8) is 0 Å². The van der Waals surface area contributed by atoms with Gasteiger partial charge in [-0.25, -0.2) is 9.97 Å². The molecule has 0 spiro atoms. The number of H-pyrrole nitrogens is 2. The number of nitrogens with one attached hydrogen (secondary N) is 4. The van der Waals surface area contributed by atoms with Gasteiger partial charge in [0.05, 0.1) is 16.8 Å². The van der Waals surface area contributed by atoms with Crippen molar-refractivity contribution >= 4 is 57.8 Å². The summed E-state index contributed by atoms with van der Waals surface area (Å²) < 4.78 is 23.7. The van der Waals surface area contributed by atoms with Gasteiger partial charge < -0.3 is 29.6 Å². The van der Waals surface area contributed by atoms with E-state index in [-0.39, 0.29) is 44.9 Å². The normalized spacial score (nSPS) is 11.5. The number of aryl methyl sites for hydroxylation is 2. The van der Waals surface area contributed by atoms with Crippen LogP contribution in [0.15, 0.2) is 48.5 Å². The molecular weight excluding hydrogens is 739 g/mol. The molecule has 2 aromatic carbocycles. The van der Waals surface area contributed by atoms with Gasteiger partial charge in [0, 0.05) is 28.9 Å². The van der Waals surface area contributed by atoms with Gasteiger partial charge >= 0.3 is 11.9 Å². The molecule has 0 fully saturated rings. The molecule has 6 rings (SSSR count). The number of benzene rings is 2. The molecule has 0 saturated carbocycles. The monoisotopic (exact) mass is 782 g/mol. The highest BCUT2D eigenvalue weighted by Gasteiger charge is 2.23. The Kier molecular flexibility index (Phi) is 13.2. The minimum Gasteiger partial charge on any atom is -0.438 e. The second kappa shape index (κ2) is 17.8. The van der Waals surface area contributed by atoms with Gasteiger partial charge in [-0.1, -0.05) is 37.0 Å². The Balaban J connectivity index is 0.000000208. The Labute approximate surface area is 321 Å². The van der Waals surface area contributed by atoms with Gasteiger partial charge in [-0.15, -0.1) is 10.2 Å². The number of carbonyl (C=O) groups excluding carboxylic acids is 2. The molecule has 0 aliphatic heterocycles. The summed E-state index contributed by atoms with van der Waals surface area (Å²) in [5.74, 6) is 0.884. The van der Waals surface area contributed by atoms with Crippen molar-refractivity contribution in [3.05, 3.63) is 70.0 Å². The van der Waals surface area contributed by atoms with Gasteiger partial charge in [0.2, 0.25) is 0 Å². The maximum absolute atomic E-state index is 11.6. The van der Waals surface area contributed by atoms with E-state index < -0.39 is 5.41 Å². The predicted molar refractivity (Wildman–Crippen MR) is 205 cm³/mol. The van der Waals surface area contributed by atoms with Crippen LogP contribution in [-0.4, -0.2) is 78.6 Å². The lowest BCUT2D eigenvalue weighted by Gasteiger charge is -2.16. The quantitative estimate of drug-likeness (QED) is 0.0494. The van der Waals surface area contributed by atoms with Crippen LogP contribution in [0.3, 0.4) is 0 Å². The molecule has 0 saturated heterocycles. The minimum atomic E-state index is -0.539. The van der Waals surface area contributed by atoms with Crippen LogP contribution in [0.25, 0.3) is 34.1 Å². The fourth-order valence-corrected chi connectivity index (χ4v) is 5.03. The number of aromatic amines is 2. The number of ether oxygens (including phenoxy) is 4. The Morgan fingerprint density at radius 3 is 1.56 bits per heavy atom. The molecular formula is C36H44Cl2N10O6. The number of fused-ring (bicyclic) bond motifs is 2. The zero-order valence-electron chi connectivity index (χ0n) is 31.1. The Hall–Kier alpha value is -5.16. The molecule has 288 valence electrons. The van der Waals surface area contributed by atoms with E-state index in [1.165, 1.54) is 0 Å². The van der Waals surface area contributed by atoms with Gasteiger partial charge in [0.15, 0.2) is 36.5 Å². The van der Waals surface area contributed by atoms with Crippen molar-refractivity contribution < 1.29 is 28.5 Å². The van der Waals surface area contributed by atoms with Crippen molar-refractivity contribution in [2.45, 2.75) is 54.9 Å². The minimum absolute atomic E-state index is 0.0680.